The van der Waals surface area contributed by atoms with Gasteiger partial charge in [-0.3, -0.25) is 9.36 Å². The summed E-state index contributed by atoms with van der Waals surface area (Å²) < 4.78 is 7.01. The molecule has 5 heterocycles. The van der Waals surface area contributed by atoms with Gasteiger partial charge in [-0.15, -0.1) is 0 Å². The zero-order chi connectivity index (χ0) is 22.4. The first kappa shape index (κ1) is 20.2. The molecule has 8 nitrogen and oxygen atoms in total. The zero-order valence-electron chi connectivity index (χ0n) is 18.1. The molecule has 4 aromatic rings. The first-order valence-corrected chi connectivity index (χ1v) is 12.1. The van der Waals surface area contributed by atoms with Gasteiger partial charge in [0.15, 0.2) is 10.9 Å². The molecule has 0 unspecified atom stereocenters. The maximum atomic E-state index is 13.4. The Balaban J connectivity index is 1.43. The Morgan fingerprint density at radius 1 is 1.03 bits per heavy atom. The molecule has 1 fully saturated rings. The molecule has 0 atom stereocenters. The molecule has 0 saturated carbocycles. The van der Waals surface area contributed by atoms with Gasteiger partial charge in [0.2, 0.25) is 5.91 Å². The summed E-state index contributed by atoms with van der Waals surface area (Å²) in [4.78, 5) is 40.4. The Bertz CT molecular complexity index is 1390. The van der Waals surface area contributed by atoms with Crippen LogP contribution >= 0.6 is 11.3 Å². The summed E-state index contributed by atoms with van der Waals surface area (Å²) in [6, 6.07) is 11.5. The Kier molecular flexibility index (Phi) is 4.98. The number of furan rings is 1. The lowest BCUT2D eigenvalue weighted by Gasteiger charge is -2.29. The number of hydrogen-bond acceptors (Lipinski definition) is 7. The maximum absolute atomic E-state index is 13.4. The summed E-state index contributed by atoms with van der Waals surface area (Å²) in [5.41, 5.74) is 2.65. The van der Waals surface area contributed by atoms with Gasteiger partial charge in [-0.1, -0.05) is 29.5 Å². The van der Waals surface area contributed by atoms with Crippen molar-refractivity contribution in [2.75, 3.05) is 29.4 Å². The molecule has 3 aromatic heterocycles. The molecule has 168 valence electrons. The van der Waals surface area contributed by atoms with E-state index in [-0.39, 0.29) is 12.5 Å². The minimum Gasteiger partial charge on any atom is -0.463 e. The molecule has 0 spiro atoms. The number of fused-ring (bicyclic) bond motifs is 2. The second-order valence-corrected chi connectivity index (χ2v) is 9.38. The number of thiazole rings is 1. The Labute approximate surface area is 194 Å². The van der Waals surface area contributed by atoms with Crippen molar-refractivity contribution in [2.24, 2.45) is 0 Å². The van der Waals surface area contributed by atoms with E-state index in [0.717, 1.165) is 55.2 Å². The van der Waals surface area contributed by atoms with Gasteiger partial charge >= 0.3 is 5.69 Å². The van der Waals surface area contributed by atoms with Gasteiger partial charge in [0.05, 0.1) is 6.26 Å². The van der Waals surface area contributed by atoms with Crippen LogP contribution in [0.2, 0.25) is 0 Å². The molecule has 2 aliphatic rings. The SMILES string of the molecule is O=C(Cn1c(=O)nc(-c2ccco2)c2nc(N3CCCC3)sc21)N1CCCc2ccccc21. The maximum Gasteiger partial charge on any atom is 0.349 e. The monoisotopic (exact) mass is 461 g/mol. The van der Waals surface area contributed by atoms with E-state index in [9.17, 15) is 9.59 Å². The molecule has 0 N–H and O–H groups in total. The van der Waals surface area contributed by atoms with Crippen molar-refractivity contribution in [1.82, 2.24) is 14.5 Å². The van der Waals surface area contributed by atoms with E-state index in [4.69, 9.17) is 9.40 Å². The van der Waals surface area contributed by atoms with Crippen LogP contribution < -0.4 is 15.5 Å². The number of nitrogens with zero attached hydrogens (tertiary/aromatic N) is 5. The van der Waals surface area contributed by atoms with Crippen LogP contribution in [0, 0.1) is 0 Å². The minimum atomic E-state index is -0.468. The molecule has 0 aliphatic carbocycles. The van der Waals surface area contributed by atoms with Crippen molar-refractivity contribution in [1.29, 1.82) is 0 Å². The van der Waals surface area contributed by atoms with Crippen molar-refractivity contribution in [3.8, 4) is 11.5 Å². The molecule has 1 amide bonds. The first-order chi connectivity index (χ1) is 16.2. The van der Waals surface area contributed by atoms with Gasteiger partial charge in [0.25, 0.3) is 0 Å². The molecule has 2 aliphatic heterocycles. The number of rotatable bonds is 4. The summed E-state index contributed by atoms with van der Waals surface area (Å²) in [6.45, 7) is 2.46. The van der Waals surface area contributed by atoms with E-state index >= 15 is 0 Å². The van der Waals surface area contributed by atoms with Crippen molar-refractivity contribution >= 4 is 38.4 Å². The number of amides is 1. The van der Waals surface area contributed by atoms with E-state index in [1.807, 2.05) is 18.2 Å². The van der Waals surface area contributed by atoms with Crippen LogP contribution in [0.3, 0.4) is 0 Å². The largest absolute Gasteiger partial charge is 0.463 e. The number of aromatic nitrogens is 3. The van der Waals surface area contributed by atoms with Crippen LogP contribution in [0.1, 0.15) is 24.8 Å². The van der Waals surface area contributed by atoms with Gasteiger partial charge in [0.1, 0.15) is 22.6 Å². The molecule has 33 heavy (non-hydrogen) atoms. The van der Waals surface area contributed by atoms with Crippen molar-refractivity contribution in [3.63, 3.8) is 0 Å². The molecule has 0 radical (unpaired) electrons. The highest BCUT2D eigenvalue weighted by molar-refractivity contribution is 7.22. The smallest absolute Gasteiger partial charge is 0.349 e. The van der Waals surface area contributed by atoms with Crippen molar-refractivity contribution in [3.05, 3.63) is 58.7 Å². The molecular formula is C24H23N5O3S. The van der Waals surface area contributed by atoms with E-state index in [0.29, 0.717) is 28.3 Å². The van der Waals surface area contributed by atoms with Crippen LogP contribution in [0.5, 0.6) is 0 Å². The third kappa shape index (κ3) is 3.52. The third-order valence-electron chi connectivity index (χ3n) is 6.34. The normalized spacial score (nSPS) is 15.9. The summed E-state index contributed by atoms with van der Waals surface area (Å²) in [6.07, 6.45) is 5.66. The highest BCUT2D eigenvalue weighted by Gasteiger charge is 2.26. The number of para-hydroxylation sites is 1. The first-order valence-electron chi connectivity index (χ1n) is 11.3. The van der Waals surface area contributed by atoms with Gasteiger partial charge in [0, 0.05) is 25.3 Å². The highest BCUT2D eigenvalue weighted by Crippen LogP contribution is 2.35. The highest BCUT2D eigenvalue weighted by atomic mass is 32.1. The molecule has 6 rings (SSSR count). The lowest BCUT2D eigenvalue weighted by atomic mass is 10.0. The molecule has 0 bridgehead atoms. The van der Waals surface area contributed by atoms with Gasteiger partial charge in [-0.25, -0.2) is 9.78 Å². The number of carbonyl (C=O) groups excluding carboxylic acids is 1. The minimum absolute atomic E-state index is 0.0727. The van der Waals surface area contributed by atoms with Gasteiger partial charge in [-0.05, 0) is 49.4 Å². The van der Waals surface area contributed by atoms with E-state index < -0.39 is 5.69 Å². The number of aryl methyl sites for hydroxylation is 1. The van der Waals surface area contributed by atoms with Crippen LogP contribution in [-0.2, 0) is 17.8 Å². The third-order valence-corrected chi connectivity index (χ3v) is 7.48. The fraction of sp³-hybridized carbons (Fsp3) is 0.333. The molecule has 9 heteroatoms. The van der Waals surface area contributed by atoms with E-state index in [1.165, 1.54) is 15.9 Å². The Hall–Kier alpha value is -3.46. The van der Waals surface area contributed by atoms with Crippen molar-refractivity contribution in [2.45, 2.75) is 32.2 Å². The van der Waals surface area contributed by atoms with Crippen LogP contribution in [-0.4, -0.2) is 40.1 Å². The summed E-state index contributed by atoms with van der Waals surface area (Å²) in [5.74, 6) is 0.382. The summed E-state index contributed by atoms with van der Waals surface area (Å²) in [7, 11) is 0. The molecular weight excluding hydrogens is 438 g/mol. The molecule has 1 saturated heterocycles. The number of hydrogen-bond donors (Lipinski definition) is 0. The fourth-order valence-electron chi connectivity index (χ4n) is 4.72. The fourth-order valence-corrected chi connectivity index (χ4v) is 5.83. The van der Waals surface area contributed by atoms with Crippen LogP contribution in [0.4, 0.5) is 10.8 Å². The Morgan fingerprint density at radius 3 is 2.70 bits per heavy atom. The quantitative estimate of drug-likeness (QED) is 0.461. The predicted molar refractivity (Wildman–Crippen MR) is 128 cm³/mol. The zero-order valence-corrected chi connectivity index (χ0v) is 18.9. The number of anilines is 2. The van der Waals surface area contributed by atoms with Crippen LogP contribution in [0.25, 0.3) is 21.8 Å². The predicted octanol–water partition coefficient (Wildman–Crippen LogP) is 3.69. The van der Waals surface area contributed by atoms with Gasteiger partial charge in [-0.2, -0.15) is 4.98 Å². The van der Waals surface area contributed by atoms with E-state index in [2.05, 4.69) is 16.0 Å². The summed E-state index contributed by atoms with van der Waals surface area (Å²) >= 11 is 1.45. The average Bonchev–Trinajstić information content (AvgIpc) is 3.61. The second-order valence-electron chi connectivity index (χ2n) is 8.43. The topological polar surface area (TPSA) is 84.5 Å². The summed E-state index contributed by atoms with van der Waals surface area (Å²) in [5, 5.41) is 0.854. The second kappa shape index (κ2) is 8.15. The number of carbonyl (C=O) groups is 1. The molecule has 1 aromatic carbocycles. The van der Waals surface area contributed by atoms with E-state index in [1.54, 1.807) is 23.3 Å². The average molecular weight is 462 g/mol. The number of benzene rings is 1. The lowest BCUT2D eigenvalue weighted by molar-refractivity contribution is -0.119. The van der Waals surface area contributed by atoms with Crippen molar-refractivity contribution < 1.29 is 9.21 Å². The standard InChI is InChI=1S/C24H23N5O3S/c30-19(28-13-5-8-16-7-1-2-9-17(16)28)15-29-22-21(26-24(33-22)27-11-3-4-12-27)20(25-23(29)31)18-10-6-14-32-18/h1-2,6-7,9-10,14H,3-5,8,11-13,15H2. The Morgan fingerprint density at radius 2 is 1.88 bits per heavy atom. The van der Waals surface area contributed by atoms with Crippen LogP contribution in [0.15, 0.2) is 51.9 Å². The lowest BCUT2D eigenvalue weighted by Crippen LogP contribution is -2.40. The van der Waals surface area contributed by atoms with Gasteiger partial charge < -0.3 is 14.2 Å².